The number of carbonyl (C=O) groups excluding carboxylic acids is 4. The Balaban J connectivity index is 2.23. The Bertz CT molecular complexity index is 1150. The van der Waals surface area contributed by atoms with Gasteiger partial charge in [-0.1, -0.05) is 18.2 Å². The van der Waals surface area contributed by atoms with Gasteiger partial charge < -0.3 is 21.4 Å². The van der Waals surface area contributed by atoms with E-state index in [0.29, 0.717) is 11.3 Å². The molecule has 2 aromatic carbocycles. The average molecular weight is 498 g/mol. The van der Waals surface area contributed by atoms with Gasteiger partial charge in [0, 0.05) is 24.0 Å². The molecule has 0 spiro atoms. The molecule has 0 aliphatic heterocycles. The number of anilines is 2. The lowest BCUT2D eigenvalue weighted by molar-refractivity contribution is -0.153. The van der Waals surface area contributed by atoms with Crippen molar-refractivity contribution < 1.29 is 33.9 Å². The SMILES string of the molecule is CC(=O)[C@@H](C(=O)ONC(=O)N(C)c1ccc(C(=N)N)cc1)N(C(=O)[C@@H](N)CC(=O)O)c1ccccc1. The summed E-state index contributed by atoms with van der Waals surface area (Å²) in [5, 5.41) is 16.4. The van der Waals surface area contributed by atoms with E-state index in [1.165, 1.54) is 55.6 Å². The molecule has 0 aliphatic rings. The van der Waals surface area contributed by atoms with Gasteiger partial charge in [0.05, 0.1) is 12.5 Å². The number of nitrogen functional groups attached to an aromatic ring is 1. The molecule has 2 rings (SSSR count). The number of hydroxylamine groups is 1. The smallest absolute Gasteiger partial charge is 0.362 e. The summed E-state index contributed by atoms with van der Waals surface area (Å²) >= 11 is 0. The van der Waals surface area contributed by atoms with E-state index in [9.17, 15) is 24.0 Å². The summed E-state index contributed by atoms with van der Waals surface area (Å²) in [6.45, 7) is 1.03. The Kier molecular flexibility index (Phi) is 9.21. The molecule has 0 aliphatic carbocycles. The minimum atomic E-state index is -1.86. The maximum absolute atomic E-state index is 13.0. The summed E-state index contributed by atoms with van der Waals surface area (Å²) in [6, 6.07) is 9.29. The fraction of sp³-hybridized carbons (Fsp3) is 0.217. The molecule has 0 radical (unpaired) electrons. The molecular weight excluding hydrogens is 472 g/mol. The number of rotatable bonds is 9. The Hall–Kier alpha value is -4.78. The normalized spacial score (nSPS) is 12.0. The molecule has 0 aromatic heterocycles. The molecule has 7 N–H and O–H groups in total. The third-order valence-electron chi connectivity index (χ3n) is 4.96. The largest absolute Gasteiger partial charge is 0.481 e. The van der Waals surface area contributed by atoms with Crippen LogP contribution < -0.4 is 26.7 Å². The van der Waals surface area contributed by atoms with Crippen molar-refractivity contribution in [2.24, 2.45) is 11.5 Å². The molecule has 190 valence electrons. The number of carboxylic acid groups (broad SMARTS) is 1. The predicted octanol–water partition coefficient (Wildman–Crippen LogP) is 0.367. The van der Waals surface area contributed by atoms with E-state index in [4.69, 9.17) is 26.8 Å². The van der Waals surface area contributed by atoms with E-state index >= 15 is 0 Å². The Morgan fingerprint density at radius 2 is 1.61 bits per heavy atom. The van der Waals surface area contributed by atoms with Crippen molar-refractivity contribution in [2.45, 2.75) is 25.4 Å². The van der Waals surface area contributed by atoms with Crippen LogP contribution in [0.15, 0.2) is 54.6 Å². The second kappa shape index (κ2) is 12.1. The first-order chi connectivity index (χ1) is 16.9. The summed E-state index contributed by atoms with van der Waals surface area (Å²) in [6.07, 6.45) is -0.744. The number of nitrogens with zero attached hydrogens (tertiary/aromatic N) is 2. The van der Waals surface area contributed by atoms with Gasteiger partial charge in [-0.3, -0.25) is 29.6 Å². The number of Topliss-reactive ketones (excluding diaryl/α,β-unsaturated/α-hetero) is 1. The van der Waals surface area contributed by atoms with Crippen LogP contribution in [-0.4, -0.2) is 59.7 Å². The summed E-state index contributed by atoms with van der Waals surface area (Å²) in [4.78, 5) is 68.5. The molecule has 0 unspecified atom stereocenters. The zero-order valence-corrected chi connectivity index (χ0v) is 19.5. The van der Waals surface area contributed by atoms with Gasteiger partial charge in [-0.05, 0) is 43.3 Å². The number of hydrogen-bond donors (Lipinski definition) is 5. The monoisotopic (exact) mass is 498 g/mol. The topological polar surface area (TPSA) is 209 Å². The molecule has 0 heterocycles. The van der Waals surface area contributed by atoms with Crippen molar-refractivity contribution in [3.05, 3.63) is 60.2 Å². The van der Waals surface area contributed by atoms with E-state index in [1.807, 2.05) is 5.48 Å². The van der Waals surface area contributed by atoms with E-state index < -0.39 is 48.2 Å². The van der Waals surface area contributed by atoms with Gasteiger partial charge in [0.2, 0.25) is 5.91 Å². The first-order valence-electron chi connectivity index (χ1n) is 10.5. The zero-order valence-electron chi connectivity index (χ0n) is 19.5. The maximum Gasteiger partial charge on any atom is 0.362 e. The van der Waals surface area contributed by atoms with Crippen molar-refractivity contribution in [3.63, 3.8) is 0 Å². The first-order valence-corrected chi connectivity index (χ1v) is 10.5. The molecule has 13 heteroatoms. The van der Waals surface area contributed by atoms with E-state index in [-0.39, 0.29) is 11.5 Å². The van der Waals surface area contributed by atoms with Crippen LogP contribution in [0.2, 0.25) is 0 Å². The number of benzene rings is 2. The molecule has 0 saturated heterocycles. The minimum absolute atomic E-state index is 0.0921. The number of aliphatic carboxylic acids is 1. The molecule has 0 fully saturated rings. The van der Waals surface area contributed by atoms with Crippen LogP contribution in [-0.2, 0) is 24.0 Å². The molecule has 2 atom stereocenters. The van der Waals surface area contributed by atoms with Gasteiger partial charge >= 0.3 is 18.0 Å². The first kappa shape index (κ1) is 27.5. The van der Waals surface area contributed by atoms with E-state index in [0.717, 1.165) is 16.7 Å². The lowest BCUT2D eigenvalue weighted by Gasteiger charge is -2.30. The molecule has 13 nitrogen and oxygen atoms in total. The summed E-state index contributed by atoms with van der Waals surface area (Å²) in [5.41, 5.74) is 13.9. The number of para-hydroxylation sites is 1. The lowest BCUT2D eigenvalue weighted by atomic mass is 10.1. The summed E-state index contributed by atoms with van der Waals surface area (Å²) in [7, 11) is 1.37. The Morgan fingerprint density at radius 3 is 2.11 bits per heavy atom. The third-order valence-corrected chi connectivity index (χ3v) is 4.96. The Morgan fingerprint density at radius 1 is 1.03 bits per heavy atom. The predicted molar refractivity (Wildman–Crippen MR) is 129 cm³/mol. The number of urea groups is 1. The van der Waals surface area contributed by atoms with Crippen LogP contribution in [0, 0.1) is 5.41 Å². The Labute approximate surface area is 206 Å². The van der Waals surface area contributed by atoms with Gasteiger partial charge in [-0.2, -0.15) is 5.48 Å². The van der Waals surface area contributed by atoms with Crippen molar-refractivity contribution in [1.29, 1.82) is 5.41 Å². The molecule has 0 bridgehead atoms. The minimum Gasteiger partial charge on any atom is -0.481 e. The van der Waals surface area contributed by atoms with E-state index in [1.54, 1.807) is 6.07 Å². The highest BCUT2D eigenvalue weighted by molar-refractivity contribution is 6.14. The van der Waals surface area contributed by atoms with E-state index in [2.05, 4.69) is 0 Å². The lowest BCUT2D eigenvalue weighted by Crippen LogP contribution is -2.56. The number of ketones is 1. The van der Waals surface area contributed by atoms with Crippen LogP contribution >= 0.6 is 0 Å². The van der Waals surface area contributed by atoms with Crippen molar-refractivity contribution >= 4 is 46.9 Å². The van der Waals surface area contributed by atoms with Crippen molar-refractivity contribution in [2.75, 3.05) is 16.8 Å². The molecule has 2 aromatic rings. The molecule has 0 saturated carbocycles. The number of amidine groups is 1. The highest BCUT2D eigenvalue weighted by Crippen LogP contribution is 2.20. The average Bonchev–Trinajstić information content (AvgIpc) is 2.84. The zero-order chi connectivity index (χ0) is 27.0. The highest BCUT2D eigenvalue weighted by Gasteiger charge is 2.39. The van der Waals surface area contributed by atoms with Crippen molar-refractivity contribution in [1.82, 2.24) is 5.48 Å². The summed E-state index contributed by atoms with van der Waals surface area (Å²) in [5.74, 6) is -4.62. The summed E-state index contributed by atoms with van der Waals surface area (Å²) < 4.78 is 0. The van der Waals surface area contributed by atoms with Gasteiger partial charge in [-0.25, -0.2) is 9.59 Å². The molecule has 36 heavy (non-hydrogen) atoms. The fourth-order valence-corrected chi connectivity index (χ4v) is 3.10. The highest BCUT2D eigenvalue weighted by atomic mass is 16.7. The second-order valence-corrected chi connectivity index (χ2v) is 7.61. The van der Waals surface area contributed by atoms with Gasteiger partial charge in [0.1, 0.15) is 5.84 Å². The fourth-order valence-electron chi connectivity index (χ4n) is 3.10. The molecule has 3 amide bonds. The molecular formula is C23H26N6O7. The number of carboxylic acids is 1. The van der Waals surface area contributed by atoms with Crippen LogP contribution in [0.1, 0.15) is 18.9 Å². The third kappa shape index (κ3) is 6.87. The van der Waals surface area contributed by atoms with Gasteiger partial charge in [0.25, 0.3) is 0 Å². The number of carbonyl (C=O) groups is 5. The van der Waals surface area contributed by atoms with Crippen molar-refractivity contribution in [3.8, 4) is 0 Å². The van der Waals surface area contributed by atoms with Crippen LogP contribution in [0.4, 0.5) is 16.2 Å². The number of nitrogens with one attached hydrogen (secondary N) is 2. The maximum atomic E-state index is 13.0. The second-order valence-electron chi connectivity index (χ2n) is 7.61. The number of amides is 3. The standard InChI is InChI=1S/C23H26N6O7/c1-13(30)19(29(16-6-4-3-5-7-16)21(33)17(24)12-18(31)32)22(34)36-27-23(35)28(2)15-10-8-14(9-11-15)20(25)26/h3-11,17,19H,12,24H2,1-2H3,(H3,25,26)(H,27,35)(H,31,32)/t17-,19-/m0/s1. The van der Waals surface area contributed by atoms with Crippen LogP contribution in [0.5, 0.6) is 0 Å². The van der Waals surface area contributed by atoms with Crippen LogP contribution in [0.25, 0.3) is 0 Å². The van der Waals surface area contributed by atoms with Gasteiger partial charge in [0.15, 0.2) is 11.8 Å². The number of hydrogen-bond acceptors (Lipinski definition) is 8. The van der Waals surface area contributed by atoms with Crippen LogP contribution in [0.3, 0.4) is 0 Å². The number of nitrogens with two attached hydrogens (primary N) is 2. The van der Waals surface area contributed by atoms with Gasteiger partial charge in [-0.15, -0.1) is 0 Å². The quantitative estimate of drug-likeness (QED) is 0.140.